The number of fused-ring (bicyclic) bond motifs is 3. The van der Waals surface area contributed by atoms with Crippen molar-refractivity contribution >= 4 is 17.2 Å². The van der Waals surface area contributed by atoms with E-state index in [1.807, 2.05) is 0 Å². The number of hydrogen-bond acceptors (Lipinski definition) is 6. The number of ether oxygens (including phenoxy) is 1. The lowest BCUT2D eigenvalue weighted by Crippen LogP contribution is -2.13. The number of primary amides is 1. The van der Waals surface area contributed by atoms with Crippen LogP contribution in [0.15, 0.2) is 24.7 Å². The lowest BCUT2D eigenvalue weighted by molar-refractivity contribution is 0.100. The number of carbonyl (C=O) groups excluding carboxylic acids is 1. The van der Waals surface area contributed by atoms with Crippen LogP contribution in [0, 0.1) is 0 Å². The highest BCUT2D eigenvalue weighted by Crippen LogP contribution is 2.47. The van der Waals surface area contributed by atoms with Gasteiger partial charge in [-0.3, -0.25) is 9.89 Å². The van der Waals surface area contributed by atoms with Gasteiger partial charge in [-0.05, 0) is 30.0 Å². The lowest BCUT2D eigenvalue weighted by atomic mass is 9.92. The van der Waals surface area contributed by atoms with Gasteiger partial charge in [0, 0.05) is 12.4 Å². The quantitative estimate of drug-likeness (QED) is 0.768. The second kappa shape index (κ2) is 4.92. The number of H-pyrrole nitrogens is 1. The van der Waals surface area contributed by atoms with Crippen molar-refractivity contribution < 1.29 is 9.53 Å². The zero-order chi connectivity index (χ0) is 15.1. The Balaban J connectivity index is 1.88. The molecular formula is C14H11N5O2S. The third-order valence-electron chi connectivity index (χ3n) is 3.54. The number of nitrogens with zero attached hydrogens (tertiary/aromatic N) is 3. The molecule has 110 valence electrons. The summed E-state index contributed by atoms with van der Waals surface area (Å²) in [5, 5.41) is 7.61. The van der Waals surface area contributed by atoms with E-state index in [9.17, 15) is 4.79 Å². The second-order valence-corrected chi connectivity index (χ2v) is 5.82. The van der Waals surface area contributed by atoms with E-state index in [0.29, 0.717) is 9.94 Å². The van der Waals surface area contributed by atoms with Gasteiger partial charge in [0.1, 0.15) is 0 Å². The Hall–Kier alpha value is -2.74. The van der Waals surface area contributed by atoms with Crippen LogP contribution in [0.5, 0.6) is 11.1 Å². The fourth-order valence-corrected chi connectivity index (χ4v) is 3.66. The van der Waals surface area contributed by atoms with E-state index < -0.39 is 5.91 Å². The zero-order valence-electron chi connectivity index (χ0n) is 11.4. The van der Waals surface area contributed by atoms with Crippen LogP contribution in [0.2, 0.25) is 0 Å². The summed E-state index contributed by atoms with van der Waals surface area (Å²) in [6, 6.07) is 1.94. The molecule has 0 saturated heterocycles. The van der Waals surface area contributed by atoms with Crippen LogP contribution in [0.3, 0.4) is 0 Å². The summed E-state index contributed by atoms with van der Waals surface area (Å²) in [6.45, 7) is 0. The number of aryl methyl sites for hydroxylation is 1. The number of amides is 1. The first kappa shape index (κ1) is 13.0. The van der Waals surface area contributed by atoms with E-state index in [0.717, 1.165) is 35.2 Å². The molecule has 0 atom stereocenters. The molecule has 0 radical (unpaired) electrons. The van der Waals surface area contributed by atoms with Gasteiger partial charge in [-0.25, -0.2) is 9.97 Å². The molecule has 3 heterocycles. The molecule has 1 amide bonds. The predicted octanol–water partition coefficient (Wildman–Crippen LogP) is 1.92. The number of aromatic nitrogens is 4. The van der Waals surface area contributed by atoms with Gasteiger partial charge in [0.2, 0.25) is 0 Å². The number of rotatable bonds is 3. The van der Waals surface area contributed by atoms with Crippen molar-refractivity contribution in [3.8, 4) is 22.3 Å². The Morgan fingerprint density at radius 3 is 2.91 bits per heavy atom. The summed E-state index contributed by atoms with van der Waals surface area (Å²) in [6.07, 6.45) is 6.54. The van der Waals surface area contributed by atoms with Crippen LogP contribution in [-0.4, -0.2) is 26.1 Å². The number of nitrogens with two attached hydrogens (primary N) is 1. The number of hydrogen-bond donors (Lipinski definition) is 2. The highest BCUT2D eigenvalue weighted by Gasteiger charge is 2.30. The lowest BCUT2D eigenvalue weighted by Gasteiger charge is -2.13. The molecule has 3 aromatic rings. The van der Waals surface area contributed by atoms with E-state index in [2.05, 4.69) is 20.2 Å². The molecule has 4 rings (SSSR count). The standard InChI is InChI=1S/C14H11N5O2S/c15-12(20)11-8-3-2-7-6-18-19-10(7)9(8)13(22-11)21-14-16-4-1-5-17-14/h1,4-6H,2-3H2,(H2,15,20)(H,18,19). The smallest absolute Gasteiger partial charge is 0.322 e. The summed E-state index contributed by atoms with van der Waals surface area (Å²) in [7, 11) is 0. The number of thiophene rings is 1. The maximum atomic E-state index is 11.7. The molecule has 1 aliphatic carbocycles. The first-order valence-corrected chi connectivity index (χ1v) is 7.48. The fourth-order valence-electron chi connectivity index (χ4n) is 2.60. The van der Waals surface area contributed by atoms with Gasteiger partial charge < -0.3 is 10.5 Å². The highest BCUT2D eigenvalue weighted by atomic mass is 32.1. The minimum absolute atomic E-state index is 0.231. The van der Waals surface area contributed by atoms with Gasteiger partial charge in [-0.2, -0.15) is 5.10 Å². The molecule has 3 aromatic heterocycles. The maximum Gasteiger partial charge on any atom is 0.322 e. The first-order valence-electron chi connectivity index (χ1n) is 6.67. The molecule has 0 spiro atoms. The Labute approximate surface area is 129 Å². The van der Waals surface area contributed by atoms with Crippen LogP contribution >= 0.6 is 11.3 Å². The van der Waals surface area contributed by atoms with Crippen molar-refractivity contribution in [1.82, 2.24) is 20.2 Å². The summed E-state index contributed by atoms with van der Waals surface area (Å²) < 4.78 is 5.77. The Morgan fingerprint density at radius 1 is 1.32 bits per heavy atom. The van der Waals surface area contributed by atoms with E-state index in [1.165, 1.54) is 11.3 Å². The molecule has 0 saturated carbocycles. The molecule has 1 aliphatic rings. The van der Waals surface area contributed by atoms with Crippen LogP contribution in [0.4, 0.5) is 0 Å². The fraction of sp³-hybridized carbons (Fsp3) is 0.143. The predicted molar refractivity (Wildman–Crippen MR) is 79.9 cm³/mol. The largest absolute Gasteiger partial charge is 0.412 e. The number of aromatic amines is 1. The molecule has 0 fully saturated rings. The normalized spacial score (nSPS) is 12.5. The summed E-state index contributed by atoms with van der Waals surface area (Å²) in [5.41, 5.74) is 9.21. The van der Waals surface area contributed by atoms with E-state index in [-0.39, 0.29) is 6.01 Å². The Kier molecular flexibility index (Phi) is 2.90. The Morgan fingerprint density at radius 2 is 2.14 bits per heavy atom. The second-order valence-electron chi connectivity index (χ2n) is 4.84. The molecule has 7 nitrogen and oxygen atoms in total. The van der Waals surface area contributed by atoms with Crippen molar-refractivity contribution in [2.24, 2.45) is 5.73 Å². The van der Waals surface area contributed by atoms with Crippen molar-refractivity contribution in [3.05, 3.63) is 40.7 Å². The molecule has 0 aliphatic heterocycles. The summed E-state index contributed by atoms with van der Waals surface area (Å²) in [4.78, 5) is 20.3. The third-order valence-corrected chi connectivity index (χ3v) is 4.66. The van der Waals surface area contributed by atoms with Crippen LogP contribution < -0.4 is 10.5 Å². The van der Waals surface area contributed by atoms with Crippen LogP contribution in [0.25, 0.3) is 11.3 Å². The van der Waals surface area contributed by atoms with Gasteiger partial charge >= 0.3 is 6.01 Å². The molecule has 0 unspecified atom stereocenters. The van der Waals surface area contributed by atoms with E-state index >= 15 is 0 Å². The highest BCUT2D eigenvalue weighted by molar-refractivity contribution is 7.16. The minimum atomic E-state index is -0.451. The molecule has 3 N–H and O–H groups in total. The SMILES string of the molecule is NC(=O)c1sc(Oc2ncccn2)c2c1CCc1cn[nH]c1-2. The summed E-state index contributed by atoms with van der Waals surface area (Å²) >= 11 is 1.22. The van der Waals surface area contributed by atoms with Crippen molar-refractivity contribution in [1.29, 1.82) is 0 Å². The molecular weight excluding hydrogens is 302 g/mol. The van der Waals surface area contributed by atoms with E-state index in [1.54, 1.807) is 24.7 Å². The molecule has 8 heteroatoms. The topological polar surface area (TPSA) is 107 Å². The van der Waals surface area contributed by atoms with Gasteiger partial charge in [0.05, 0.1) is 22.3 Å². The summed E-state index contributed by atoms with van der Waals surface area (Å²) in [5.74, 6) is -0.451. The molecule has 22 heavy (non-hydrogen) atoms. The minimum Gasteiger partial charge on any atom is -0.412 e. The Bertz CT molecular complexity index is 856. The van der Waals surface area contributed by atoms with Gasteiger partial charge in [0.25, 0.3) is 5.91 Å². The number of carbonyl (C=O) groups is 1. The van der Waals surface area contributed by atoms with Crippen molar-refractivity contribution in [3.63, 3.8) is 0 Å². The number of nitrogens with one attached hydrogen (secondary N) is 1. The van der Waals surface area contributed by atoms with Gasteiger partial charge in [0.15, 0.2) is 5.06 Å². The maximum absolute atomic E-state index is 11.7. The average Bonchev–Trinajstić information content (AvgIpc) is 3.12. The van der Waals surface area contributed by atoms with Crippen LogP contribution in [0.1, 0.15) is 20.8 Å². The van der Waals surface area contributed by atoms with Crippen molar-refractivity contribution in [2.45, 2.75) is 12.8 Å². The molecule has 0 aromatic carbocycles. The zero-order valence-corrected chi connectivity index (χ0v) is 12.2. The van der Waals surface area contributed by atoms with Gasteiger partial charge in [-0.15, -0.1) is 0 Å². The first-order chi connectivity index (χ1) is 10.7. The monoisotopic (exact) mass is 313 g/mol. The van der Waals surface area contributed by atoms with E-state index in [4.69, 9.17) is 10.5 Å². The third kappa shape index (κ3) is 1.96. The van der Waals surface area contributed by atoms with Crippen molar-refractivity contribution in [2.75, 3.05) is 0 Å². The molecule has 0 bridgehead atoms. The van der Waals surface area contributed by atoms with Gasteiger partial charge in [-0.1, -0.05) is 11.3 Å². The van der Waals surface area contributed by atoms with Crippen LogP contribution in [-0.2, 0) is 12.8 Å². The average molecular weight is 313 g/mol.